The molecule has 5 heteroatoms. The summed E-state index contributed by atoms with van der Waals surface area (Å²) in [6.45, 7) is 8.22. The lowest BCUT2D eigenvalue weighted by Gasteiger charge is -2.20. The van der Waals surface area contributed by atoms with E-state index in [2.05, 4.69) is 60.4 Å². The molecule has 1 heterocycles. The van der Waals surface area contributed by atoms with Crippen molar-refractivity contribution < 1.29 is 0 Å². The van der Waals surface area contributed by atoms with Gasteiger partial charge in [0.1, 0.15) is 17.5 Å². The Bertz CT molecular complexity index is 378. The van der Waals surface area contributed by atoms with Crippen LogP contribution in [-0.2, 0) is 6.42 Å². The molecule has 0 aliphatic carbocycles. The Balaban J connectivity index is 2.70. The normalized spacial score (nSPS) is 12.5. The van der Waals surface area contributed by atoms with Crippen molar-refractivity contribution in [3.63, 3.8) is 0 Å². The fraction of sp³-hybridized carbons (Fsp3) is 0.714. The molecule has 2 N–H and O–H groups in total. The van der Waals surface area contributed by atoms with E-state index in [0.29, 0.717) is 6.04 Å². The Labute approximate surface area is 116 Å². The molecule has 0 saturated heterocycles. The fourth-order valence-electron chi connectivity index (χ4n) is 1.52. The molecule has 0 saturated carbocycles. The molecule has 1 aromatic heterocycles. The minimum atomic E-state index is 0.465. The summed E-state index contributed by atoms with van der Waals surface area (Å²) >= 11 is 0. The maximum atomic E-state index is 4.51. The van der Waals surface area contributed by atoms with E-state index in [1.807, 2.05) is 6.07 Å². The molecule has 1 aromatic rings. The van der Waals surface area contributed by atoms with Crippen molar-refractivity contribution in [2.45, 2.75) is 39.7 Å². The van der Waals surface area contributed by atoms with Crippen LogP contribution in [0.25, 0.3) is 0 Å². The first-order valence-electron chi connectivity index (χ1n) is 7.08. The van der Waals surface area contributed by atoms with E-state index in [9.17, 15) is 0 Å². The number of rotatable bonds is 8. The van der Waals surface area contributed by atoms with Gasteiger partial charge in [-0.1, -0.05) is 13.8 Å². The summed E-state index contributed by atoms with van der Waals surface area (Å²) < 4.78 is 0. The Morgan fingerprint density at radius 2 is 1.79 bits per heavy atom. The van der Waals surface area contributed by atoms with Gasteiger partial charge in [0.15, 0.2) is 0 Å². The van der Waals surface area contributed by atoms with Gasteiger partial charge >= 0.3 is 0 Å². The number of nitrogens with zero attached hydrogens (tertiary/aromatic N) is 3. The van der Waals surface area contributed by atoms with Gasteiger partial charge in [0.05, 0.1) is 0 Å². The van der Waals surface area contributed by atoms with Gasteiger partial charge in [-0.15, -0.1) is 0 Å². The SMILES string of the molecule is CCCNc1cc(NCC(C)N(C)C)nc(CC)n1. The van der Waals surface area contributed by atoms with Crippen LogP contribution in [0.5, 0.6) is 0 Å². The highest BCUT2D eigenvalue weighted by Crippen LogP contribution is 2.12. The number of aromatic nitrogens is 2. The van der Waals surface area contributed by atoms with E-state index in [4.69, 9.17) is 0 Å². The molecule has 0 aliphatic heterocycles. The minimum absolute atomic E-state index is 0.465. The first kappa shape index (κ1) is 15.7. The maximum absolute atomic E-state index is 4.51. The maximum Gasteiger partial charge on any atom is 0.132 e. The lowest BCUT2D eigenvalue weighted by molar-refractivity contribution is 0.326. The number of hydrogen-bond donors (Lipinski definition) is 2. The van der Waals surface area contributed by atoms with E-state index in [1.165, 1.54) is 0 Å². The van der Waals surface area contributed by atoms with E-state index in [-0.39, 0.29) is 0 Å². The first-order chi connectivity index (χ1) is 9.06. The highest BCUT2D eigenvalue weighted by atomic mass is 15.1. The average molecular weight is 265 g/mol. The molecule has 0 amide bonds. The standard InChI is InChI=1S/C14H27N5/c1-6-8-15-13-9-14(18-12(7-2)17-13)16-10-11(3)19(4)5/h9,11H,6-8,10H2,1-5H3,(H2,15,16,17,18). The molecule has 1 unspecified atom stereocenters. The van der Waals surface area contributed by atoms with Gasteiger partial charge in [-0.05, 0) is 27.4 Å². The first-order valence-corrected chi connectivity index (χ1v) is 7.08. The summed E-state index contributed by atoms with van der Waals surface area (Å²) in [6, 6.07) is 2.45. The molecule has 0 aromatic carbocycles. The van der Waals surface area contributed by atoms with E-state index in [1.54, 1.807) is 0 Å². The van der Waals surface area contributed by atoms with Crippen LogP contribution in [0.1, 0.15) is 33.0 Å². The van der Waals surface area contributed by atoms with Gasteiger partial charge < -0.3 is 15.5 Å². The lowest BCUT2D eigenvalue weighted by Crippen LogP contribution is -2.31. The summed E-state index contributed by atoms with van der Waals surface area (Å²) in [5.74, 6) is 2.69. The second-order valence-electron chi connectivity index (χ2n) is 5.03. The summed E-state index contributed by atoms with van der Waals surface area (Å²) in [7, 11) is 4.16. The van der Waals surface area contributed by atoms with Gasteiger partial charge in [0.2, 0.25) is 0 Å². The summed E-state index contributed by atoms with van der Waals surface area (Å²) in [5.41, 5.74) is 0. The van der Waals surface area contributed by atoms with Gasteiger partial charge in [-0.25, -0.2) is 9.97 Å². The number of hydrogen-bond acceptors (Lipinski definition) is 5. The predicted molar refractivity (Wildman–Crippen MR) is 81.8 cm³/mol. The molecule has 1 rings (SSSR count). The van der Waals surface area contributed by atoms with Crippen LogP contribution in [0, 0.1) is 0 Å². The van der Waals surface area contributed by atoms with Crippen LogP contribution in [0.4, 0.5) is 11.6 Å². The van der Waals surface area contributed by atoms with Gasteiger partial charge in [0, 0.05) is 31.6 Å². The molecule has 19 heavy (non-hydrogen) atoms. The summed E-state index contributed by atoms with van der Waals surface area (Å²) in [6.07, 6.45) is 1.94. The van der Waals surface area contributed by atoms with Gasteiger partial charge in [0.25, 0.3) is 0 Å². The van der Waals surface area contributed by atoms with Crippen molar-refractivity contribution in [1.29, 1.82) is 0 Å². The van der Waals surface area contributed by atoms with Crippen molar-refractivity contribution >= 4 is 11.6 Å². The average Bonchev–Trinajstić information content (AvgIpc) is 2.42. The topological polar surface area (TPSA) is 53.1 Å². The van der Waals surface area contributed by atoms with Crippen LogP contribution in [-0.4, -0.2) is 48.1 Å². The monoisotopic (exact) mass is 265 g/mol. The van der Waals surface area contributed by atoms with Crippen LogP contribution in [0.15, 0.2) is 6.07 Å². The van der Waals surface area contributed by atoms with Crippen molar-refractivity contribution in [3.05, 3.63) is 11.9 Å². The van der Waals surface area contributed by atoms with Crippen LogP contribution in [0.3, 0.4) is 0 Å². The Hall–Kier alpha value is -1.36. The molecular formula is C14H27N5. The summed E-state index contributed by atoms with van der Waals surface area (Å²) in [5, 5.41) is 6.70. The molecule has 5 nitrogen and oxygen atoms in total. The number of aryl methyl sites for hydroxylation is 1. The number of nitrogens with one attached hydrogen (secondary N) is 2. The Kier molecular flexibility index (Phi) is 6.56. The summed E-state index contributed by atoms with van der Waals surface area (Å²) in [4.78, 5) is 11.2. The fourth-order valence-corrected chi connectivity index (χ4v) is 1.52. The molecule has 0 spiro atoms. The van der Waals surface area contributed by atoms with Crippen LogP contribution >= 0.6 is 0 Å². The smallest absolute Gasteiger partial charge is 0.132 e. The third-order valence-electron chi connectivity index (χ3n) is 3.10. The molecule has 0 radical (unpaired) electrons. The molecular weight excluding hydrogens is 238 g/mol. The predicted octanol–water partition coefficient (Wildman–Crippen LogP) is 2.22. The Morgan fingerprint density at radius 3 is 2.32 bits per heavy atom. The molecule has 0 fully saturated rings. The number of anilines is 2. The van der Waals surface area contributed by atoms with Crippen molar-refractivity contribution in [2.75, 3.05) is 37.8 Å². The second-order valence-corrected chi connectivity index (χ2v) is 5.03. The van der Waals surface area contributed by atoms with Gasteiger partial charge in [-0.3, -0.25) is 0 Å². The highest BCUT2D eigenvalue weighted by molar-refractivity contribution is 5.47. The van der Waals surface area contributed by atoms with Crippen LogP contribution < -0.4 is 10.6 Å². The largest absolute Gasteiger partial charge is 0.370 e. The molecule has 0 bridgehead atoms. The van der Waals surface area contributed by atoms with Crippen molar-refractivity contribution in [3.8, 4) is 0 Å². The number of likely N-dealkylation sites (N-methyl/N-ethyl adjacent to an activating group) is 1. The van der Waals surface area contributed by atoms with E-state index in [0.717, 1.165) is 43.4 Å². The second kappa shape index (κ2) is 7.94. The van der Waals surface area contributed by atoms with E-state index >= 15 is 0 Å². The third kappa shape index (κ3) is 5.42. The molecule has 1 atom stereocenters. The van der Waals surface area contributed by atoms with Crippen molar-refractivity contribution in [1.82, 2.24) is 14.9 Å². The zero-order chi connectivity index (χ0) is 14.3. The highest BCUT2D eigenvalue weighted by Gasteiger charge is 2.06. The minimum Gasteiger partial charge on any atom is -0.370 e. The van der Waals surface area contributed by atoms with Crippen LogP contribution in [0.2, 0.25) is 0 Å². The zero-order valence-corrected chi connectivity index (χ0v) is 12.8. The Morgan fingerprint density at radius 1 is 1.16 bits per heavy atom. The van der Waals surface area contributed by atoms with Crippen molar-refractivity contribution in [2.24, 2.45) is 0 Å². The third-order valence-corrected chi connectivity index (χ3v) is 3.10. The quantitative estimate of drug-likeness (QED) is 0.755. The lowest BCUT2D eigenvalue weighted by atomic mass is 10.3. The van der Waals surface area contributed by atoms with E-state index < -0.39 is 0 Å². The molecule has 108 valence electrons. The van der Waals surface area contributed by atoms with Gasteiger partial charge in [-0.2, -0.15) is 0 Å². The zero-order valence-electron chi connectivity index (χ0n) is 12.8. The molecule has 0 aliphatic rings.